The van der Waals surface area contributed by atoms with Crippen molar-refractivity contribution in [3.63, 3.8) is 0 Å². The molecule has 0 amide bonds. The molecule has 0 unspecified atom stereocenters. The SMILES string of the molecule is CC1CC[N+](C)(C2CCC(N3CCCCC3)CC2)CC1. The van der Waals surface area contributed by atoms with Crippen LogP contribution in [0.3, 0.4) is 0 Å². The summed E-state index contributed by atoms with van der Waals surface area (Å²) in [5.74, 6) is 0.978. The maximum atomic E-state index is 2.82. The van der Waals surface area contributed by atoms with Crippen molar-refractivity contribution in [2.45, 2.75) is 76.8 Å². The molecule has 3 aliphatic rings. The Morgan fingerprint density at radius 1 is 0.800 bits per heavy atom. The molecular formula is C18H35N2+. The second kappa shape index (κ2) is 6.36. The summed E-state index contributed by atoms with van der Waals surface area (Å²) in [7, 11) is 2.55. The molecule has 2 heterocycles. The minimum Gasteiger partial charge on any atom is -0.324 e. The highest BCUT2D eigenvalue weighted by molar-refractivity contribution is 4.82. The molecule has 2 aliphatic heterocycles. The van der Waals surface area contributed by atoms with Crippen molar-refractivity contribution in [1.82, 2.24) is 4.90 Å². The summed E-state index contributed by atoms with van der Waals surface area (Å²) in [5, 5.41) is 0. The van der Waals surface area contributed by atoms with Gasteiger partial charge in [-0.1, -0.05) is 13.3 Å². The largest absolute Gasteiger partial charge is 0.324 e. The van der Waals surface area contributed by atoms with Gasteiger partial charge in [0.15, 0.2) is 0 Å². The smallest absolute Gasteiger partial charge is 0.0889 e. The first kappa shape index (κ1) is 14.8. The minimum atomic E-state index is 0.932. The first-order chi connectivity index (χ1) is 9.67. The van der Waals surface area contributed by atoms with E-state index in [4.69, 9.17) is 0 Å². The lowest BCUT2D eigenvalue weighted by atomic mass is 9.85. The van der Waals surface area contributed by atoms with Crippen LogP contribution in [0.1, 0.15) is 64.7 Å². The summed E-state index contributed by atoms with van der Waals surface area (Å²) >= 11 is 0. The Morgan fingerprint density at radius 3 is 2.00 bits per heavy atom. The minimum absolute atomic E-state index is 0.932. The van der Waals surface area contributed by atoms with Gasteiger partial charge in [0.2, 0.25) is 0 Å². The van der Waals surface area contributed by atoms with Crippen LogP contribution in [0, 0.1) is 5.92 Å². The van der Waals surface area contributed by atoms with Gasteiger partial charge in [0.1, 0.15) is 0 Å². The summed E-state index contributed by atoms with van der Waals surface area (Å²) in [6.07, 6.45) is 13.2. The van der Waals surface area contributed by atoms with Crippen molar-refractivity contribution in [1.29, 1.82) is 0 Å². The molecule has 2 heteroatoms. The van der Waals surface area contributed by atoms with Crippen LogP contribution in [-0.4, -0.2) is 54.7 Å². The van der Waals surface area contributed by atoms with Gasteiger partial charge in [0.25, 0.3) is 0 Å². The Balaban J connectivity index is 1.50. The van der Waals surface area contributed by atoms with Gasteiger partial charge >= 0.3 is 0 Å². The average molecular weight is 279 g/mol. The Hall–Kier alpha value is -0.0800. The molecular weight excluding hydrogens is 244 g/mol. The Bertz CT molecular complexity index is 293. The van der Waals surface area contributed by atoms with Crippen LogP contribution < -0.4 is 0 Å². The van der Waals surface area contributed by atoms with E-state index in [0.29, 0.717) is 0 Å². The first-order valence-electron chi connectivity index (χ1n) is 9.26. The number of nitrogens with zero attached hydrogens (tertiary/aromatic N) is 2. The summed E-state index contributed by atoms with van der Waals surface area (Å²) in [6.45, 7) is 8.11. The summed E-state index contributed by atoms with van der Waals surface area (Å²) < 4.78 is 1.40. The van der Waals surface area contributed by atoms with Gasteiger partial charge in [-0.25, -0.2) is 0 Å². The van der Waals surface area contributed by atoms with Crippen LogP contribution in [0.5, 0.6) is 0 Å². The van der Waals surface area contributed by atoms with E-state index in [9.17, 15) is 0 Å². The van der Waals surface area contributed by atoms with Crippen molar-refractivity contribution in [2.24, 2.45) is 5.92 Å². The molecule has 3 rings (SSSR count). The second-order valence-electron chi connectivity index (χ2n) is 8.17. The molecule has 0 aromatic heterocycles. The molecule has 2 nitrogen and oxygen atoms in total. The molecule has 1 aliphatic carbocycles. The highest BCUT2D eigenvalue weighted by Crippen LogP contribution is 2.34. The molecule has 116 valence electrons. The quantitative estimate of drug-likeness (QED) is 0.697. The van der Waals surface area contributed by atoms with Gasteiger partial charge in [0, 0.05) is 18.9 Å². The maximum absolute atomic E-state index is 2.82. The van der Waals surface area contributed by atoms with E-state index in [0.717, 1.165) is 18.0 Å². The van der Waals surface area contributed by atoms with E-state index in [1.54, 1.807) is 0 Å². The van der Waals surface area contributed by atoms with Gasteiger partial charge in [-0.3, -0.25) is 0 Å². The van der Waals surface area contributed by atoms with Crippen LogP contribution in [0.4, 0.5) is 0 Å². The van der Waals surface area contributed by atoms with Gasteiger partial charge < -0.3 is 9.38 Å². The Labute approximate surface area is 126 Å². The maximum Gasteiger partial charge on any atom is 0.0889 e. The van der Waals surface area contributed by atoms with Crippen LogP contribution in [-0.2, 0) is 0 Å². The van der Waals surface area contributed by atoms with Crippen molar-refractivity contribution in [2.75, 3.05) is 33.2 Å². The molecule has 0 spiro atoms. The van der Waals surface area contributed by atoms with Crippen LogP contribution in [0.15, 0.2) is 0 Å². The predicted molar refractivity (Wildman–Crippen MR) is 85.8 cm³/mol. The zero-order valence-electron chi connectivity index (χ0n) is 13.8. The molecule has 20 heavy (non-hydrogen) atoms. The van der Waals surface area contributed by atoms with Gasteiger partial charge in [-0.2, -0.15) is 0 Å². The fraction of sp³-hybridized carbons (Fsp3) is 1.00. The van der Waals surface area contributed by atoms with Crippen LogP contribution >= 0.6 is 0 Å². The first-order valence-corrected chi connectivity index (χ1v) is 9.26. The average Bonchev–Trinajstić information content (AvgIpc) is 2.52. The van der Waals surface area contributed by atoms with Gasteiger partial charge in [-0.05, 0) is 57.5 Å². The normalized spacial score (nSPS) is 44.4. The Morgan fingerprint density at radius 2 is 1.40 bits per heavy atom. The van der Waals surface area contributed by atoms with E-state index < -0.39 is 0 Å². The monoisotopic (exact) mass is 279 g/mol. The number of likely N-dealkylation sites (tertiary alicyclic amines) is 2. The van der Waals surface area contributed by atoms with E-state index in [-0.39, 0.29) is 0 Å². The molecule has 0 radical (unpaired) electrons. The lowest BCUT2D eigenvalue weighted by Gasteiger charge is -2.49. The standard InChI is InChI=1S/C18H35N2/c1-16-10-14-20(2,15-11-16)18-8-6-17(7-9-18)19-12-4-3-5-13-19/h16-18H,3-15H2,1-2H3/q+1. The third kappa shape index (κ3) is 3.22. The molecule has 0 aromatic rings. The lowest BCUT2D eigenvalue weighted by Crippen LogP contribution is -2.58. The highest BCUT2D eigenvalue weighted by atomic mass is 15.4. The van der Waals surface area contributed by atoms with Crippen molar-refractivity contribution in [3.8, 4) is 0 Å². The molecule has 1 saturated carbocycles. The molecule has 3 fully saturated rings. The number of rotatable bonds is 2. The summed E-state index contributed by atoms with van der Waals surface area (Å²) in [4.78, 5) is 2.82. The van der Waals surface area contributed by atoms with Gasteiger partial charge in [0.05, 0.1) is 26.2 Å². The fourth-order valence-electron chi connectivity index (χ4n) is 4.98. The van der Waals surface area contributed by atoms with Crippen LogP contribution in [0.25, 0.3) is 0 Å². The van der Waals surface area contributed by atoms with Crippen LogP contribution in [0.2, 0.25) is 0 Å². The third-order valence-electron chi connectivity index (χ3n) is 6.72. The van der Waals surface area contributed by atoms with Crippen molar-refractivity contribution < 1.29 is 4.48 Å². The van der Waals surface area contributed by atoms with Crippen molar-refractivity contribution >= 4 is 0 Å². The van der Waals surface area contributed by atoms with Gasteiger partial charge in [-0.15, -0.1) is 0 Å². The number of hydrogen-bond acceptors (Lipinski definition) is 1. The fourth-order valence-corrected chi connectivity index (χ4v) is 4.98. The highest BCUT2D eigenvalue weighted by Gasteiger charge is 2.39. The van der Waals surface area contributed by atoms with E-state index in [1.807, 2.05) is 0 Å². The number of quaternary nitrogens is 1. The summed E-state index contributed by atoms with van der Waals surface area (Å²) in [6, 6.07) is 1.91. The third-order valence-corrected chi connectivity index (χ3v) is 6.72. The molecule has 0 N–H and O–H groups in total. The molecule has 2 saturated heterocycles. The molecule has 0 bridgehead atoms. The summed E-state index contributed by atoms with van der Waals surface area (Å²) in [5.41, 5.74) is 0. The molecule has 0 aromatic carbocycles. The van der Waals surface area contributed by atoms with E-state index in [1.165, 1.54) is 88.4 Å². The number of hydrogen-bond donors (Lipinski definition) is 0. The zero-order valence-corrected chi connectivity index (χ0v) is 13.8. The van der Waals surface area contributed by atoms with E-state index in [2.05, 4.69) is 18.9 Å². The lowest BCUT2D eigenvalue weighted by molar-refractivity contribution is -0.940. The Kier molecular flexibility index (Phi) is 4.72. The zero-order chi connectivity index (χ0) is 14.0. The molecule has 0 atom stereocenters. The van der Waals surface area contributed by atoms with E-state index >= 15 is 0 Å². The second-order valence-corrected chi connectivity index (χ2v) is 8.17. The number of piperidine rings is 2. The predicted octanol–water partition coefficient (Wildman–Crippen LogP) is 3.66. The van der Waals surface area contributed by atoms with Crippen molar-refractivity contribution in [3.05, 3.63) is 0 Å². The topological polar surface area (TPSA) is 3.24 Å².